The van der Waals surface area contributed by atoms with Gasteiger partial charge in [0, 0.05) is 43.3 Å². The Bertz CT molecular complexity index is 605. The maximum absolute atomic E-state index is 12.7. The van der Waals surface area contributed by atoms with E-state index in [9.17, 15) is 4.79 Å². The summed E-state index contributed by atoms with van der Waals surface area (Å²) in [5.41, 5.74) is 0.781. The number of carbonyl (C=O) groups excluding carboxylic acids is 1. The zero-order valence-electron chi connectivity index (χ0n) is 12.4. The fraction of sp³-hybridized carbons (Fsp3) is 0.467. The smallest absolute Gasteiger partial charge is 0.255 e. The van der Waals surface area contributed by atoms with Crippen LogP contribution in [0, 0.1) is 5.92 Å². The van der Waals surface area contributed by atoms with Crippen molar-refractivity contribution in [3.05, 3.63) is 40.6 Å². The molecule has 0 fully saturated rings. The molecule has 0 saturated carbocycles. The number of fused-ring (bicyclic) bond motifs is 1. The van der Waals surface area contributed by atoms with Gasteiger partial charge in [-0.2, -0.15) is 11.3 Å². The second kappa shape index (κ2) is 5.99. The Morgan fingerprint density at radius 3 is 3.05 bits per heavy atom. The lowest BCUT2D eigenvalue weighted by Crippen LogP contribution is -2.37. The monoisotopic (exact) mass is 304 g/mol. The molecule has 5 nitrogen and oxygen atoms in total. The molecule has 0 aromatic carbocycles. The van der Waals surface area contributed by atoms with Crippen LogP contribution in [-0.4, -0.2) is 52.4 Å². The van der Waals surface area contributed by atoms with Gasteiger partial charge in [0.05, 0.1) is 12.1 Å². The van der Waals surface area contributed by atoms with Gasteiger partial charge in [-0.15, -0.1) is 0 Å². The molecule has 1 amide bonds. The number of imidazole rings is 1. The Morgan fingerprint density at radius 1 is 1.48 bits per heavy atom. The van der Waals surface area contributed by atoms with Gasteiger partial charge >= 0.3 is 0 Å². The minimum Gasteiger partial charge on any atom is -0.333 e. The summed E-state index contributed by atoms with van der Waals surface area (Å²) in [5, 5.41) is 3.87. The van der Waals surface area contributed by atoms with E-state index in [0.29, 0.717) is 12.5 Å². The van der Waals surface area contributed by atoms with E-state index in [-0.39, 0.29) is 5.91 Å². The summed E-state index contributed by atoms with van der Waals surface area (Å²) in [6.07, 6.45) is 3.83. The van der Waals surface area contributed by atoms with Crippen LogP contribution >= 0.6 is 11.3 Å². The first-order valence-electron chi connectivity index (χ1n) is 7.09. The van der Waals surface area contributed by atoms with Gasteiger partial charge < -0.3 is 14.4 Å². The Kier molecular flexibility index (Phi) is 4.07. The summed E-state index contributed by atoms with van der Waals surface area (Å²) in [4.78, 5) is 21.2. The first-order chi connectivity index (χ1) is 10.1. The molecule has 3 heterocycles. The van der Waals surface area contributed by atoms with Crippen LogP contribution in [0.3, 0.4) is 0 Å². The fourth-order valence-corrected chi connectivity index (χ4v) is 3.53. The van der Waals surface area contributed by atoms with Crippen molar-refractivity contribution >= 4 is 17.2 Å². The molecule has 1 unspecified atom stereocenters. The Balaban J connectivity index is 1.84. The summed E-state index contributed by atoms with van der Waals surface area (Å²) >= 11 is 1.56. The van der Waals surface area contributed by atoms with E-state index in [2.05, 4.69) is 28.5 Å². The number of nitrogens with zero attached hydrogens (tertiary/aromatic N) is 4. The largest absolute Gasteiger partial charge is 0.333 e. The number of hydrogen-bond acceptors (Lipinski definition) is 4. The second-order valence-corrected chi connectivity index (χ2v) is 6.60. The van der Waals surface area contributed by atoms with Gasteiger partial charge in [-0.05, 0) is 25.5 Å². The summed E-state index contributed by atoms with van der Waals surface area (Å²) in [6, 6.07) is 1.89. The van der Waals surface area contributed by atoms with E-state index in [1.165, 1.54) is 0 Å². The predicted molar refractivity (Wildman–Crippen MR) is 83.3 cm³/mol. The number of thiophene rings is 1. The minimum absolute atomic E-state index is 0.108. The van der Waals surface area contributed by atoms with Crippen LogP contribution < -0.4 is 0 Å². The molecule has 0 N–H and O–H groups in total. The molecule has 6 heteroatoms. The van der Waals surface area contributed by atoms with Crippen LogP contribution in [-0.2, 0) is 13.1 Å². The standard InChI is InChI=1S/C15H20N4OS/c1-17(2)7-12-8-18-5-4-16-14(18)10-19(9-12)15(20)13-3-6-21-11-13/h3-6,11-12H,7-10H2,1-2H3. The van der Waals surface area contributed by atoms with Crippen LogP contribution in [0.15, 0.2) is 29.2 Å². The highest BCUT2D eigenvalue weighted by atomic mass is 32.1. The summed E-state index contributed by atoms with van der Waals surface area (Å²) in [6.45, 7) is 3.24. The zero-order chi connectivity index (χ0) is 14.8. The van der Waals surface area contributed by atoms with Crippen molar-refractivity contribution < 1.29 is 4.79 Å². The van der Waals surface area contributed by atoms with Gasteiger partial charge in [-0.1, -0.05) is 0 Å². The molecule has 112 valence electrons. The number of rotatable bonds is 3. The number of carbonyl (C=O) groups is 1. The zero-order valence-corrected chi connectivity index (χ0v) is 13.2. The third kappa shape index (κ3) is 3.16. The fourth-order valence-electron chi connectivity index (χ4n) is 2.90. The molecule has 2 aromatic heterocycles. The quantitative estimate of drug-likeness (QED) is 0.868. The number of amides is 1. The predicted octanol–water partition coefficient (Wildman–Crippen LogP) is 1.78. The van der Waals surface area contributed by atoms with E-state index in [1.807, 2.05) is 34.1 Å². The molecule has 2 aromatic rings. The van der Waals surface area contributed by atoms with E-state index in [1.54, 1.807) is 11.3 Å². The maximum atomic E-state index is 12.7. The SMILES string of the molecule is CN(C)CC1CN(C(=O)c2ccsc2)Cc2nccn2C1. The topological polar surface area (TPSA) is 41.4 Å². The van der Waals surface area contributed by atoms with Crippen LogP contribution in [0.4, 0.5) is 0 Å². The van der Waals surface area contributed by atoms with Gasteiger partial charge in [0.2, 0.25) is 0 Å². The molecular weight excluding hydrogens is 284 g/mol. The van der Waals surface area contributed by atoms with Crippen molar-refractivity contribution in [2.45, 2.75) is 13.1 Å². The van der Waals surface area contributed by atoms with E-state index in [0.717, 1.165) is 31.0 Å². The maximum Gasteiger partial charge on any atom is 0.255 e. The third-order valence-electron chi connectivity index (χ3n) is 3.75. The normalized spacial score (nSPS) is 18.6. The average Bonchev–Trinajstić information content (AvgIpc) is 3.06. The van der Waals surface area contributed by atoms with Crippen LogP contribution in [0.25, 0.3) is 0 Å². The van der Waals surface area contributed by atoms with Crippen molar-refractivity contribution in [2.75, 3.05) is 27.2 Å². The third-order valence-corrected chi connectivity index (χ3v) is 4.43. The number of hydrogen-bond donors (Lipinski definition) is 0. The Hall–Kier alpha value is -1.66. The molecular formula is C15H20N4OS. The van der Waals surface area contributed by atoms with Gasteiger partial charge in [0.15, 0.2) is 0 Å². The van der Waals surface area contributed by atoms with Crippen molar-refractivity contribution in [3.63, 3.8) is 0 Å². The average molecular weight is 304 g/mol. The van der Waals surface area contributed by atoms with Crippen molar-refractivity contribution in [3.8, 4) is 0 Å². The molecule has 21 heavy (non-hydrogen) atoms. The molecule has 0 saturated heterocycles. The van der Waals surface area contributed by atoms with Crippen LogP contribution in [0.1, 0.15) is 16.2 Å². The van der Waals surface area contributed by atoms with E-state index >= 15 is 0 Å². The molecule has 1 aliphatic heterocycles. The highest BCUT2D eigenvalue weighted by Crippen LogP contribution is 2.19. The number of aromatic nitrogens is 2. The first-order valence-corrected chi connectivity index (χ1v) is 8.04. The van der Waals surface area contributed by atoms with Gasteiger partial charge in [-0.25, -0.2) is 4.98 Å². The second-order valence-electron chi connectivity index (χ2n) is 5.82. The Morgan fingerprint density at radius 2 is 2.33 bits per heavy atom. The summed E-state index contributed by atoms with van der Waals surface area (Å²) in [7, 11) is 4.15. The highest BCUT2D eigenvalue weighted by molar-refractivity contribution is 7.08. The molecule has 3 rings (SSSR count). The molecule has 0 aliphatic carbocycles. The molecule has 0 spiro atoms. The van der Waals surface area contributed by atoms with Gasteiger partial charge in [0.1, 0.15) is 5.82 Å². The van der Waals surface area contributed by atoms with E-state index in [4.69, 9.17) is 0 Å². The lowest BCUT2D eigenvalue weighted by Gasteiger charge is -2.25. The minimum atomic E-state index is 0.108. The van der Waals surface area contributed by atoms with Gasteiger partial charge in [-0.3, -0.25) is 4.79 Å². The molecule has 0 radical (unpaired) electrons. The molecule has 0 bridgehead atoms. The van der Waals surface area contributed by atoms with Gasteiger partial charge in [0.25, 0.3) is 5.91 Å². The Labute approximate surface area is 128 Å². The van der Waals surface area contributed by atoms with Crippen molar-refractivity contribution in [1.82, 2.24) is 19.4 Å². The van der Waals surface area contributed by atoms with Crippen LogP contribution in [0.2, 0.25) is 0 Å². The van der Waals surface area contributed by atoms with Crippen molar-refractivity contribution in [1.29, 1.82) is 0 Å². The summed E-state index contributed by atoms with van der Waals surface area (Å²) < 4.78 is 2.18. The lowest BCUT2D eigenvalue weighted by atomic mass is 10.1. The summed E-state index contributed by atoms with van der Waals surface area (Å²) in [5.74, 6) is 1.49. The molecule has 1 atom stereocenters. The van der Waals surface area contributed by atoms with E-state index < -0.39 is 0 Å². The lowest BCUT2D eigenvalue weighted by molar-refractivity contribution is 0.0711. The van der Waals surface area contributed by atoms with Crippen LogP contribution in [0.5, 0.6) is 0 Å². The molecule has 1 aliphatic rings. The van der Waals surface area contributed by atoms with Crippen molar-refractivity contribution in [2.24, 2.45) is 5.92 Å². The first kappa shape index (κ1) is 14.3. The highest BCUT2D eigenvalue weighted by Gasteiger charge is 2.26.